The van der Waals surface area contributed by atoms with Crippen LogP contribution in [0.5, 0.6) is 0 Å². The number of rotatable bonds is 6. The zero-order valence-corrected chi connectivity index (χ0v) is 13.6. The summed E-state index contributed by atoms with van der Waals surface area (Å²) in [6.07, 6.45) is 0. The number of methoxy groups -OCH3 is 1. The molecule has 19 heavy (non-hydrogen) atoms. The molecule has 1 N–H and O–H groups in total. The summed E-state index contributed by atoms with van der Waals surface area (Å²) in [5.41, 5.74) is 1.13. The van der Waals surface area contributed by atoms with E-state index in [1.807, 2.05) is 0 Å². The van der Waals surface area contributed by atoms with E-state index in [1.165, 1.54) is 5.75 Å². The molecule has 0 bridgehead atoms. The molecule has 0 amide bonds. The Morgan fingerprint density at radius 1 is 1.53 bits per heavy atom. The van der Waals surface area contributed by atoms with Crippen LogP contribution in [0.3, 0.4) is 0 Å². The van der Waals surface area contributed by atoms with Gasteiger partial charge in [-0.15, -0.1) is 11.3 Å². The van der Waals surface area contributed by atoms with Crippen molar-refractivity contribution in [3.63, 3.8) is 0 Å². The fraction of sp³-hybridized carbons (Fsp3) is 0.769. The van der Waals surface area contributed by atoms with Crippen molar-refractivity contribution >= 4 is 28.2 Å². The maximum atomic E-state index is 5.01. The summed E-state index contributed by atoms with van der Waals surface area (Å²) in [6, 6.07) is 0. The molecule has 4 nitrogen and oxygen atoms in total. The van der Waals surface area contributed by atoms with Crippen LogP contribution in [-0.2, 0) is 11.3 Å². The van der Waals surface area contributed by atoms with Crippen LogP contribution in [0.4, 0.5) is 5.13 Å². The molecule has 0 saturated carbocycles. The molecular formula is C13H23N3OS2. The molecule has 0 radical (unpaired) electrons. The summed E-state index contributed by atoms with van der Waals surface area (Å²) in [5.74, 6) is 1.19. The fourth-order valence-corrected chi connectivity index (χ4v) is 4.06. The highest BCUT2D eigenvalue weighted by Gasteiger charge is 2.28. The van der Waals surface area contributed by atoms with Gasteiger partial charge in [-0.05, 0) is 13.8 Å². The maximum absolute atomic E-state index is 5.01. The van der Waals surface area contributed by atoms with Crippen molar-refractivity contribution in [2.24, 2.45) is 0 Å². The lowest BCUT2D eigenvalue weighted by Gasteiger charge is -2.37. The van der Waals surface area contributed by atoms with Gasteiger partial charge in [-0.25, -0.2) is 4.98 Å². The summed E-state index contributed by atoms with van der Waals surface area (Å²) in [4.78, 5) is 7.15. The van der Waals surface area contributed by atoms with Crippen molar-refractivity contribution in [1.82, 2.24) is 10.3 Å². The molecule has 2 rings (SSSR count). The number of hydrogen-bond acceptors (Lipinski definition) is 6. The van der Waals surface area contributed by atoms with Crippen LogP contribution in [0.1, 0.15) is 19.5 Å². The molecule has 1 saturated heterocycles. The third-order valence-electron chi connectivity index (χ3n) is 3.02. The van der Waals surface area contributed by atoms with Crippen LogP contribution in [0.15, 0.2) is 5.38 Å². The van der Waals surface area contributed by atoms with Gasteiger partial charge in [0.1, 0.15) is 0 Å². The van der Waals surface area contributed by atoms with E-state index in [4.69, 9.17) is 9.72 Å². The second kappa shape index (κ2) is 6.92. The number of nitrogens with one attached hydrogen (secondary N) is 1. The van der Waals surface area contributed by atoms with Crippen molar-refractivity contribution in [3.8, 4) is 0 Å². The monoisotopic (exact) mass is 301 g/mol. The molecular weight excluding hydrogens is 278 g/mol. The molecule has 0 aliphatic carbocycles. The Morgan fingerprint density at radius 3 is 3.11 bits per heavy atom. The molecule has 0 spiro atoms. The Morgan fingerprint density at radius 2 is 2.37 bits per heavy atom. The number of thiazole rings is 1. The second-order valence-corrected chi connectivity index (χ2v) is 7.96. The largest absolute Gasteiger partial charge is 0.383 e. The van der Waals surface area contributed by atoms with Crippen molar-refractivity contribution in [3.05, 3.63) is 11.1 Å². The third-order valence-corrected chi connectivity index (χ3v) is 5.27. The molecule has 108 valence electrons. The van der Waals surface area contributed by atoms with Crippen LogP contribution in [0.2, 0.25) is 0 Å². The third kappa shape index (κ3) is 4.63. The van der Waals surface area contributed by atoms with Gasteiger partial charge in [-0.2, -0.15) is 11.8 Å². The van der Waals surface area contributed by atoms with Crippen molar-refractivity contribution in [2.75, 3.05) is 44.0 Å². The molecule has 1 aliphatic rings. The maximum Gasteiger partial charge on any atom is 0.185 e. The smallest absolute Gasteiger partial charge is 0.185 e. The predicted octanol–water partition coefficient (Wildman–Crippen LogP) is 2.21. The summed E-state index contributed by atoms with van der Waals surface area (Å²) in [6.45, 7) is 9.26. The first-order valence-corrected chi connectivity index (χ1v) is 8.50. The first-order valence-electron chi connectivity index (χ1n) is 6.64. The van der Waals surface area contributed by atoms with E-state index in [0.717, 1.165) is 43.6 Å². The van der Waals surface area contributed by atoms with Gasteiger partial charge in [0, 0.05) is 49.2 Å². The van der Waals surface area contributed by atoms with E-state index in [-0.39, 0.29) is 0 Å². The molecule has 1 fully saturated rings. The average molecular weight is 301 g/mol. The minimum atomic E-state index is 0.334. The van der Waals surface area contributed by atoms with Gasteiger partial charge < -0.3 is 15.0 Å². The van der Waals surface area contributed by atoms with Gasteiger partial charge in [0.05, 0.1) is 12.3 Å². The summed E-state index contributed by atoms with van der Waals surface area (Å²) in [7, 11) is 1.72. The van der Waals surface area contributed by atoms with E-state index in [9.17, 15) is 0 Å². The first kappa shape index (κ1) is 15.1. The van der Waals surface area contributed by atoms with Gasteiger partial charge in [-0.1, -0.05) is 0 Å². The number of nitrogens with zero attached hydrogens (tertiary/aromatic N) is 2. The Labute approximate surface area is 123 Å². The summed E-state index contributed by atoms with van der Waals surface area (Å²) < 4.78 is 5.35. The normalized spacial score (nSPS) is 18.8. The standard InChI is InChI=1S/C13H23N3OS2/c1-13(2)10-16(5-7-19-13)12-15-11(9-18-12)8-14-4-6-17-3/h9,14H,4-8,10H2,1-3H3. The van der Waals surface area contributed by atoms with Crippen LogP contribution < -0.4 is 10.2 Å². The van der Waals surface area contributed by atoms with Gasteiger partial charge >= 0.3 is 0 Å². The van der Waals surface area contributed by atoms with Crippen LogP contribution in [0, 0.1) is 0 Å². The van der Waals surface area contributed by atoms with E-state index >= 15 is 0 Å². The second-order valence-electron chi connectivity index (χ2n) is 5.32. The van der Waals surface area contributed by atoms with Crippen LogP contribution >= 0.6 is 23.1 Å². The van der Waals surface area contributed by atoms with Gasteiger partial charge in [0.25, 0.3) is 0 Å². The minimum Gasteiger partial charge on any atom is -0.383 e. The molecule has 1 aromatic heterocycles. The highest BCUT2D eigenvalue weighted by Crippen LogP contribution is 2.33. The minimum absolute atomic E-state index is 0.334. The van der Waals surface area contributed by atoms with E-state index in [1.54, 1.807) is 18.4 Å². The Kier molecular flexibility index (Phi) is 5.50. The van der Waals surface area contributed by atoms with Gasteiger partial charge in [0.15, 0.2) is 5.13 Å². The molecule has 1 aromatic rings. The van der Waals surface area contributed by atoms with Crippen molar-refractivity contribution in [2.45, 2.75) is 25.1 Å². The van der Waals surface area contributed by atoms with Crippen molar-refractivity contribution < 1.29 is 4.74 Å². The molecule has 2 heterocycles. The fourth-order valence-electron chi connectivity index (χ4n) is 2.09. The van der Waals surface area contributed by atoms with E-state index in [2.05, 4.69) is 41.2 Å². The topological polar surface area (TPSA) is 37.4 Å². The Bertz CT molecular complexity index is 395. The summed E-state index contributed by atoms with van der Waals surface area (Å²) in [5, 5.41) is 6.65. The lowest BCUT2D eigenvalue weighted by molar-refractivity contribution is 0.199. The number of anilines is 1. The number of ether oxygens (including phenoxy) is 1. The van der Waals surface area contributed by atoms with Gasteiger partial charge in [0.2, 0.25) is 0 Å². The average Bonchev–Trinajstić information content (AvgIpc) is 2.82. The summed E-state index contributed by atoms with van der Waals surface area (Å²) >= 11 is 3.81. The quantitative estimate of drug-likeness (QED) is 0.816. The highest BCUT2D eigenvalue weighted by atomic mass is 32.2. The first-order chi connectivity index (χ1) is 9.11. The number of hydrogen-bond donors (Lipinski definition) is 1. The van der Waals surface area contributed by atoms with Crippen LogP contribution in [-0.4, -0.2) is 48.8 Å². The lowest BCUT2D eigenvalue weighted by Crippen LogP contribution is -2.43. The molecule has 0 aromatic carbocycles. The van der Waals surface area contributed by atoms with E-state index < -0.39 is 0 Å². The Hall–Kier alpha value is -0.300. The predicted molar refractivity (Wildman–Crippen MR) is 84.4 cm³/mol. The zero-order valence-electron chi connectivity index (χ0n) is 11.9. The number of thioether (sulfide) groups is 1. The number of aromatic nitrogens is 1. The van der Waals surface area contributed by atoms with E-state index in [0.29, 0.717) is 4.75 Å². The molecule has 0 unspecified atom stereocenters. The zero-order chi connectivity index (χ0) is 13.7. The van der Waals surface area contributed by atoms with Crippen molar-refractivity contribution in [1.29, 1.82) is 0 Å². The highest BCUT2D eigenvalue weighted by molar-refractivity contribution is 8.00. The Balaban J connectivity index is 1.86. The van der Waals surface area contributed by atoms with Crippen LogP contribution in [0.25, 0.3) is 0 Å². The lowest BCUT2D eigenvalue weighted by atomic mass is 10.2. The molecule has 1 aliphatic heterocycles. The van der Waals surface area contributed by atoms with Gasteiger partial charge in [-0.3, -0.25) is 0 Å². The molecule has 6 heteroatoms. The SMILES string of the molecule is COCCNCc1csc(N2CCSC(C)(C)C2)n1. The molecule has 0 atom stereocenters.